The summed E-state index contributed by atoms with van der Waals surface area (Å²) in [4.78, 5) is 65.3. The van der Waals surface area contributed by atoms with Gasteiger partial charge in [0, 0.05) is 18.0 Å². The maximum Gasteiger partial charge on any atom is 0.328 e. The molecular formula is C32H44N4O7. The summed E-state index contributed by atoms with van der Waals surface area (Å²) >= 11 is 0. The molecule has 4 atom stereocenters. The minimum absolute atomic E-state index is 0.0793. The number of hydrogen-bond donors (Lipinski definition) is 4. The van der Waals surface area contributed by atoms with Gasteiger partial charge in [0.25, 0.3) is 5.91 Å². The summed E-state index contributed by atoms with van der Waals surface area (Å²) in [6.07, 6.45) is 7.97. The second-order valence-corrected chi connectivity index (χ2v) is 12.1. The molecule has 0 bridgehead atoms. The van der Waals surface area contributed by atoms with Crippen molar-refractivity contribution in [3.8, 4) is 5.75 Å². The molecule has 2 aliphatic heterocycles. The molecular weight excluding hydrogens is 552 g/mol. The quantitative estimate of drug-likeness (QED) is 0.270. The molecule has 1 saturated carbocycles. The highest BCUT2D eigenvalue weighted by atomic mass is 16.5. The molecule has 1 aliphatic carbocycles. The summed E-state index contributed by atoms with van der Waals surface area (Å²) in [6, 6.07) is 4.52. The van der Waals surface area contributed by atoms with Crippen molar-refractivity contribution in [2.45, 2.75) is 83.3 Å². The van der Waals surface area contributed by atoms with Crippen LogP contribution in [0.5, 0.6) is 5.75 Å². The summed E-state index contributed by atoms with van der Waals surface area (Å²) in [5.41, 5.74) is 1.18. The second-order valence-electron chi connectivity index (χ2n) is 12.1. The number of hydrogen-bond acceptors (Lipinski definition) is 7. The third-order valence-corrected chi connectivity index (χ3v) is 8.57. The molecule has 3 aliphatic rings. The Kier molecular flexibility index (Phi) is 11.2. The first-order valence-electron chi connectivity index (χ1n) is 15.4. The van der Waals surface area contributed by atoms with Crippen molar-refractivity contribution in [3.63, 3.8) is 0 Å². The van der Waals surface area contributed by atoms with Gasteiger partial charge in [-0.2, -0.15) is 0 Å². The lowest BCUT2D eigenvalue weighted by Gasteiger charge is -2.30. The summed E-state index contributed by atoms with van der Waals surface area (Å²) < 4.78 is 10.6. The van der Waals surface area contributed by atoms with E-state index in [0.29, 0.717) is 30.7 Å². The van der Waals surface area contributed by atoms with E-state index in [1.54, 1.807) is 6.08 Å². The van der Waals surface area contributed by atoms with Gasteiger partial charge in [0.15, 0.2) is 0 Å². The maximum atomic E-state index is 13.7. The smallest absolute Gasteiger partial charge is 0.328 e. The van der Waals surface area contributed by atoms with E-state index in [4.69, 9.17) is 9.47 Å². The molecule has 234 valence electrons. The number of rotatable bonds is 12. The zero-order chi connectivity index (χ0) is 30.9. The molecule has 0 spiro atoms. The molecule has 0 radical (unpaired) electrons. The molecule has 1 aromatic carbocycles. The van der Waals surface area contributed by atoms with Gasteiger partial charge in [0.05, 0.1) is 12.7 Å². The number of amides is 4. The van der Waals surface area contributed by atoms with Crippen molar-refractivity contribution in [1.29, 1.82) is 0 Å². The maximum absolute atomic E-state index is 13.7. The molecule has 43 heavy (non-hydrogen) atoms. The summed E-state index contributed by atoms with van der Waals surface area (Å²) in [5, 5.41) is 11.2. The Hall–Kier alpha value is -3.89. The molecule has 4 N–H and O–H groups in total. The summed E-state index contributed by atoms with van der Waals surface area (Å²) in [6.45, 7) is 4.24. The predicted octanol–water partition coefficient (Wildman–Crippen LogP) is 2.24. The van der Waals surface area contributed by atoms with Crippen molar-refractivity contribution in [2.24, 2.45) is 17.8 Å². The first kappa shape index (κ1) is 32.0. The lowest BCUT2D eigenvalue weighted by atomic mass is 9.84. The standard InChI is InChI=1S/C32H44N4O7/c1-19(2)27(36-29(38)23-16-21-11-7-8-12-26(21)43-18-23)31(40)34-24(15-20-9-5-4-6-10-20)30(39)35-25(32(41)42-3)17-22-13-14-33-28(22)37/h7-8,11-12,16,19-20,22,24-25,27H,4-6,9-10,13-15,17-18H2,1-3H3,(H,33,37)(H,34,40)(H,35,39)(H,36,38)/t22-,24-,25-,27?/m0/s1. The SMILES string of the molecule is COC(=O)[C@H](C[C@@H]1CCNC1=O)NC(=O)[C@H](CC1CCCCC1)NC(=O)C(NC(=O)C1=Cc2ccccc2OC1)C(C)C. The van der Waals surface area contributed by atoms with Crippen LogP contribution in [0.25, 0.3) is 6.08 Å². The minimum atomic E-state index is -1.03. The molecule has 2 fully saturated rings. The number of carbonyl (C=O) groups excluding carboxylic acids is 5. The average molecular weight is 597 g/mol. The van der Waals surface area contributed by atoms with Gasteiger partial charge in [-0.25, -0.2) is 4.79 Å². The third kappa shape index (κ3) is 8.58. The van der Waals surface area contributed by atoms with Crippen LogP contribution in [0.15, 0.2) is 29.8 Å². The lowest BCUT2D eigenvalue weighted by molar-refractivity contribution is -0.146. The van der Waals surface area contributed by atoms with E-state index in [9.17, 15) is 24.0 Å². The molecule has 4 rings (SSSR count). The van der Waals surface area contributed by atoms with Gasteiger partial charge in [0.1, 0.15) is 30.5 Å². The van der Waals surface area contributed by atoms with Crippen LogP contribution < -0.4 is 26.0 Å². The number of benzene rings is 1. The molecule has 11 nitrogen and oxygen atoms in total. The van der Waals surface area contributed by atoms with Gasteiger partial charge >= 0.3 is 5.97 Å². The van der Waals surface area contributed by atoms with Gasteiger partial charge in [-0.15, -0.1) is 0 Å². The van der Waals surface area contributed by atoms with Crippen LogP contribution in [0.3, 0.4) is 0 Å². The first-order chi connectivity index (χ1) is 20.7. The number of para-hydroxylation sites is 1. The van der Waals surface area contributed by atoms with E-state index in [-0.39, 0.29) is 30.8 Å². The fourth-order valence-corrected chi connectivity index (χ4v) is 6.05. The molecule has 2 heterocycles. The van der Waals surface area contributed by atoms with E-state index in [0.717, 1.165) is 37.7 Å². The Morgan fingerprint density at radius 2 is 1.67 bits per heavy atom. The Labute approximate surface area is 252 Å². The van der Waals surface area contributed by atoms with Crippen molar-refractivity contribution in [3.05, 3.63) is 35.4 Å². The van der Waals surface area contributed by atoms with Crippen LogP contribution in [0, 0.1) is 17.8 Å². The predicted molar refractivity (Wildman–Crippen MR) is 159 cm³/mol. The molecule has 1 saturated heterocycles. The Balaban J connectivity index is 1.47. The van der Waals surface area contributed by atoms with E-state index in [2.05, 4.69) is 21.3 Å². The molecule has 0 aromatic heterocycles. The van der Waals surface area contributed by atoms with E-state index in [1.165, 1.54) is 7.11 Å². The highest BCUT2D eigenvalue weighted by molar-refractivity contribution is 6.02. The van der Waals surface area contributed by atoms with Gasteiger partial charge in [0.2, 0.25) is 17.7 Å². The lowest BCUT2D eigenvalue weighted by Crippen LogP contribution is -2.57. The summed E-state index contributed by atoms with van der Waals surface area (Å²) in [7, 11) is 1.23. The van der Waals surface area contributed by atoms with Gasteiger partial charge in [-0.1, -0.05) is 64.2 Å². The monoisotopic (exact) mass is 596 g/mol. The number of methoxy groups -OCH3 is 1. The molecule has 4 amide bonds. The normalized spacial score (nSPS) is 20.4. The topological polar surface area (TPSA) is 152 Å². The van der Waals surface area contributed by atoms with Crippen molar-refractivity contribution < 1.29 is 33.4 Å². The molecule has 11 heteroatoms. The van der Waals surface area contributed by atoms with Crippen LogP contribution in [0.4, 0.5) is 0 Å². The average Bonchev–Trinajstić information content (AvgIpc) is 3.42. The number of esters is 1. The minimum Gasteiger partial charge on any atom is -0.488 e. The third-order valence-electron chi connectivity index (χ3n) is 8.57. The highest BCUT2D eigenvalue weighted by Gasteiger charge is 2.36. The number of ether oxygens (including phenoxy) is 2. The van der Waals surface area contributed by atoms with Gasteiger partial charge in [-0.3, -0.25) is 19.2 Å². The fourth-order valence-electron chi connectivity index (χ4n) is 6.05. The zero-order valence-corrected chi connectivity index (χ0v) is 25.3. The Bertz CT molecular complexity index is 1220. The van der Waals surface area contributed by atoms with Crippen LogP contribution in [0.2, 0.25) is 0 Å². The van der Waals surface area contributed by atoms with Gasteiger partial charge in [-0.05, 0) is 43.2 Å². The van der Waals surface area contributed by atoms with Crippen molar-refractivity contribution >= 4 is 35.7 Å². The van der Waals surface area contributed by atoms with Crippen molar-refractivity contribution in [1.82, 2.24) is 21.3 Å². The van der Waals surface area contributed by atoms with Gasteiger partial charge < -0.3 is 30.7 Å². The van der Waals surface area contributed by atoms with Crippen LogP contribution in [-0.4, -0.2) is 68.0 Å². The van der Waals surface area contributed by atoms with E-state index in [1.807, 2.05) is 38.1 Å². The number of carbonyl (C=O) groups is 5. The zero-order valence-electron chi connectivity index (χ0n) is 25.3. The second kappa shape index (κ2) is 15.0. The van der Waals surface area contributed by atoms with Crippen molar-refractivity contribution in [2.75, 3.05) is 20.3 Å². The fraction of sp³-hybridized carbons (Fsp3) is 0.594. The molecule has 1 unspecified atom stereocenters. The number of fused-ring (bicyclic) bond motifs is 1. The highest BCUT2D eigenvalue weighted by Crippen LogP contribution is 2.28. The first-order valence-corrected chi connectivity index (χ1v) is 15.4. The van der Waals surface area contributed by atoms with Crippen LogP contribution in [-0.2, 0) is 28.7 Å². The van der Waals surface area contributed by atoms with Crippen LogP contribution in [0.1, 0.15) is 70.8 Å². The summed E-state index contributed by atoms with van der Waals surface area (Å²) in [5.74, 6) is -1.99. The van der Waals surface area contributed by atoms with E-state index < -0.39 is 47.7 Å². The molecule has 1 aromatic rings. The largest absolute Gasteiger partial charge is 0.488 e. The van der Waals surface area contributed by atoms with Crippen LogP contribution >= 0.6 is 0 Å². The Morgan fingerprint density at radius 1 is 0.953 bits per heavy atom. The van der Waals surface area contributed by atoms with E-state index >= 15 is 0 Å². The number of nitrogens with one attached hydrogen (secondary N) is 4. The Morgan fingerprint density at radius 3 is 2.35 bits per heavy atom.